The van der Waals surface area contributed by atoms with E-state index in [0.29, 0.717) is 18.1 Å². The normalized spacial score (nSPS) is 24.3. The van der Waals surface area contributed by atoms with Gasteiger partial charge in [0.2, 0.25) is 0 Å². The standard InChI is InChI=1S/C22H28O10S/c1-13(23)28-12-18-19(29-14(2)24)20(30-15(3)25)21(31-16(4)26)22(32-18)33-11-10-27-17-8-6-5-7-9-17/h5-9,18-22H,10-12H2,1-4H3. The third kappa shape index (κ3) is 8.93. The molecule has 5 atom stereocenters. The van der Waals surface area contributed by atoms with Gasteiger partial charge in [0.1, 0.15) is 23.9 Å². The van der Waals surface area contributed by atoms with Crippen molar-refractivity contribution in [2.75, 3.05) is 19.0 Å². The first-order valence-corrected chi connectivity index (χ1v) is 11.3. The Hall–Kier alpha value is -2.79. The van der Waals surface area contributed by atoms with Crippen molar-refractivity contribution in [3.63, 3.8) is 0 Å². The number of benzene rings is 1. The number of thioether (sulfide) groups is 1. The minimum atomic E-state index is -1.17. The van der Waals surface area contributed by atoms with Crippen LogP contribution in [0.2, 0.25) is 0 Å². The van der Waals surface area contributed by atoms with Crippen molar-refractivity contribution in [3.05, 3.63) is 30.3 Å². The molecule has 10 nitrogen and oxygen atoms in total. The fourth-order valence-corrected chi connectivity index (χ4v) is 4.20. The van der Waals surface area contributed by atoms with Crippen LogP contribution in [-0.4, -0.2) is 72.7 Å². The zero-order chi connectivity index (χ0) is 24.4. The predicted molar refractivity (Wildman–Crippen MR) is 116 cm³/mol. The summed E-state index contributed by atoms with van der Waals surface area (Å²) in [5.74, 6) is -1.41. The fraction of sp³-hybridized carbons (Fsp3) is 0.545. The van der Waals surface area contributed by atoms with E-state index in [2.05, 4.69) is 0 Å². The monoisotopic (exact) mass is 484 g/mol. The highest BCUT2D eigenvalue weighted by atomic mass is 32.2. The van der Waals surface area contributed by atoms with E-state index in [1.807, 2.05) is 30.3 Å². The predicted octanol–water partition coefficient (Wildman–Crippen LogP) is 1.88. The van der Waals surface area contributed by atoms with E-state index < -0.39 is 53.7 Å². The first-order valence-electron chi connectivity index (χ1n) is 10.3. The lowest BCUT2D eigenvalue weighted by Gasteiger charge is -2.44. The number of esters is 4. The van der Waals surface area contributed by atoms with Gasteiger partial charge >= 0.3 is 23.9 Å². The first-order chi connectivity index (χ1) is 15.7. The molecule has 0 N–H and O–H groups in total. The van der Waals surface area contributed by atoms with Crippen LogP contribution in [-0.2, 0) is 42.9 Å². The summed E-state index contributed by atoms with van der Waals surface area (Å²) in [5.41, 5.74) is -0.815. The minimum absolute atomic E-state index is 0.255. The Kier molecular flexibility index (Phi) is 10.5. The molecule has 0 aromatic heterocycles. The van der Waals surface area contributed by atoms with Gasteiger partial charge in [0.25, 0.3) is 0 Å². The molecular formula is C22H28O10S. The molecule has 1 heterocycles. The number of ether oxygens (including phenoxy) is 6. The maximum Gasteiger partial charge on any atom is 0.303 e. The largest absolute Gasteiger partial charge is 0.493 e. The highest BCUT2D eigenvalue weighted by Crippen LogP contribution is 2.34. The summed E-state index contributed by atoms with van der Waals surface area (Å²) in [7, 11) is 0. The molecule has 0 amide bonds. The molecule has 5 unspecified atom stereocenters. The van der Waals surface area contributed by atoms with Crippen LogP contribution in [0.1, 0.15) is 27.7 Å². The minimum Gasteiger partial charge on any atom is -0.493 e. The van der Waals surface area contributed by atoms with Gasteiger partial charge in [0, 0.05) is 33.4 Å². The third-order valence-electron chi connectivity index (χ3n) is 4.33. The van der Waals surface area contributed by atoms with Crippen molar-refractivity contribution in [2.24, 2.45) is 0 Å². The number of rotatable bonds is 10. The van der Waals surface area contributed by atoms with Gasteiger partial charge in [0.15, 0.2) is 18.3 Å². The summed E-state index contributed by atoms with van der Waals surface area (Å²) in [6, 6.07) is 9.21. The number of hydrogen-bond acceptors (Lipinski definition) is 11. The van der Waals surface area contributed by atoms with E-state index in [0.717, 1.165) is 0 Å². The van der Waals surface area contributed by atoms with Crippen LogP contribution in [0.3, 0.4) is 0 Å². The molecule has 182 valence electrons. The van der Waals surface area contributed by atoms with E-state index >= 15 is 0 Å². The van der Waals surface area contributed by atoms with E-state index in [-0.39, 0.29) is 6.61 Å². The van der Waals surface area contributed by atoms with Gasteiger partial charge in [-0.15, -0.1) is 11.8 Å². The van der Waals surface area contributed by atoms with Gasteiger partial charge in [-0.05, 0) is 12.1 Å². The van der Waals surface area contributed by atoms with Crippen molar-refractivity contribution in [1.29, 1.82) is 0 Å². The highest BCUT2D eigenvalue weighted by Gasteiger charge is 2.52. The van der Waals surface area contributed by atoms with Crippen LogP contribution in [0.15, 0.2) is 30.3 Å². The van der Waals surface area contributed by atoms with E-state index in [4.69, 9.17) is 28.4 Å². The van der Waals surface area contributed by atoms with Crippen LogP contribution < -0.4 is 4.74 Å². The Morgan fingerprint density at radius 1 is 0.818 bits per heavy atom. The van der Waals surface area contributed by atoms with Crippen molar-refractivity contribution < 1.29 is 47.6 Å². The molecule has 1 aliphatic heterocycles. The SMILES string of the molecule is CC(=O)OCC1OC(SCCOc2ccccc2)C(OC(C)=O)C(OC(C)=O)C1OC(C)=O. The summed E-state index contributed by atoms with van der Waals surface area (Å²) in [6.07, 6.45) is -4.36. The second kappa shape index (κ2) is 13.0. The van der Waals surface area contributed by atoms with Crippen molar-refractivity contribution >= 4 is 35.6 Å². The average Bonchev–Trinajstić information content (AvgIpc) is 2.73. The Balaban J connectivity index is 2.21. The van der Waals surface area contributed by atoms with E-state index in [1.54, 1.807) is 0 Å². The summed E-state index contributed by atoms with van der Waals surface area (Å²) in [4.78, 5) is 46.7. The van der Waals surface area contributed by atoms with Gasteiger partial charge in [-0.2, -0.15) is 0 Å². The number of para-hydroxylation sites is 1. The van der Waals surface area contributed by atoms with Gasteiger partial charge in [-0.3, -0.25) is 19.2 Å². The van der Waals surface area contributed by atoms with Gasteiger partial charge < -0.3 is 28.4 Å². The van der Waals surface area contributed by atoms with Gasteiger partial charge in [-0.25, -0.2) is 0 Å². The molecule has 0 aliphatic carbocycles. The zero-order valence-corrected chi connectivity index (χ0v) is 19.7. The Labute approximate surface area is 196 Å². The molecular weight excluding hydrogens is 456 g/mol. The summed E-state index contributed by atoms with van der Waals surface area (Å²) in [6.45, 7) is 4.86. The van der Waals surface area contributed by atoms with Crippen LogP contribution in [0.5, 0.6) is 5.75 Å². The lowest BCUT2D eigenvalue weighted by molar-refractivity contribution is -0.237. The van der Waals surface area contributed by atoms with Crippen LogP contribution in [0.4, 0.5) is 0 Å². The topological polar surface area (TPSA) is 124 Å². The zero-order valence-electron chi connectivity index (χ0n) is 18.9. The quantitative estimate of drug-likeness (QED) is 0.275. The maximum atomic E-state index is 11.8. The number of hydrogen-bond donors (Lipinski definition) is 0. The Morgan fingerprint density at radius 2 is 1.39 bits per heavy atom. The molecule has 0 bridgehead atoms. The van der Waals surface area contributed by atoms with Crippen molar-refractivity contribution in [3.8, 4) is 5.75 Å². The third-order valence-corrected chi connectivity index (χ3v) is 5.44. The lowest BCUT2D eigenvalue weighted by atomic mass is 9.99. The Bertz CT molecular complexity index is 815. The fourth-order valence-electron chi connectivity index (χ4n) is 3.16. The first kappa shape index (κ1) is 26.5. The summed E-state index contributed by atoms with van der Waals surface area (Å²) in [5, 5.41) is 0. The molecule has 1 fully saturated rings. The second-order valence-corrected chi connectivity index (χ2v) is 8.31. The van der Waals surface area contributed by atoms with E-state index in [9.17, 15) is 19.2 Å². The molecule has 1 aliphatic rings. The average molecular weight is 485 g/mol. The molecule has 1 saturated heterocycles. The van der Waals surface area contributed by atoms with Gasteiger partial charge in [0.05, 0.1) is 6.61 Å². The number of carbonyl (C=O) groups is 4. The Morgan fingerprint density at radius 3 is 1.97 bits per heavy atom. The van der Waals surface area contributed by atoms with Crippen molar-refractivity contribution in [1.82, 2.24) is 0 Å². The van der Waals surface area contributed by atoms with E-state index in [1.165, 1.54) is 39.5 Å². The van der Waals surface area contributed by atoms with Crippen LogP contribution in [0, 0.1) is 0 Å². The smallest absolute Gasteiger partial charge is 0.303 e. The second-order valence-electron chi connectivity index (χ2n) is 7.10. The highest BCUT2D eigenvalue weighted by molar-refractivity contribution is 7.99. The molecule has 0 spiro atoms. The molecule has 0 radical (unpaired) electrons. The molecule has 1 aromatic carbocycles. The molecule has 2 rings (SSSR count). The molecule has 33 heavy (non-hydrogen) atoms. The van der Waals surface area contributed by atoms with Gasteiger partial charge in [-0.1, -0.05) is 18.2 Å². The molecule has 11 heteroatoms. The summed E-state index contributed by atoms with van der Waals surface area (Å²) < 4.78 is 32.9. The van der Waals surface area contributed by atoms with Crippen molar-refractivity contribution in [2.45, 2.75) is 57.5 Å². The lowest BCUT2D eigenvalue weighted by Crippen LogP contribution is -2.61. The molecule has 0 saturated carbocycles. The van der Waals surface area contributed by atoms with Crippen LogP contribution >= 0.6 is 11.8 Å². The van der Waals surface area contributed by atoms with Crippen LogP contribution in [0.25, 0.3) is 0 Å². The molecule has 1 aromatic rings. The maximum absolute atomic E-state index is 11.8. The number of carbonyl (C=O) groups excluding carboxylic acids is 4. The summed E-state index contributed by atoms with van der Waals surface area (Å²) >= 11 is 1.26.